The van der Waals surface area contributed by atoms with Crippen molar-refractivity contribution in [3.63, 3.8) is 0 Å². The first-order chi connectivity index (χ1) is 15.2. The Balaban J connectivity index is 1.47. The first kappa shape index (κ1) is 23.4. The fraction of sp³-hybridized carbons (Fsp3) is 0.269. The van der Waals surface area contributed by atoms with Crippen molar-refractivity contribution in [1.82, 2.24) is 5.32 Å². The maximum atomic E-state index is 12.8. The van der Waals surface area contributed by atoms with E-state index in [4.69, 9.17) is 0 Å². The van der Waals surface area contributed by atoms with Gasteiger partial charge in [0.05, 0.1) is 12.0 Å². The molecule has 2 N–H and O–H groups in total. The molecule has 0 radical (unpaired) electrons. The molecule has 168 valence electrons. The third-order valence-corrected chi connectivity index (χ3v) is 5.21. The number of amides is 1. The molecule has 0 atom stereocenters. The Kier molecular flexibility index (Phi) is 7.57. The second kappa shape index (κ2) is 10.4. The fourth-order valence-corrected chi connectivity index (χ4v) is 3.27. The summed E-state index contributed by atoms with van der Waals surface area (Å²) >= 11 is 0. The highest BCUT2D eigenvalue weighted by atomic mass is 19.4. The number of alkyl halides is 3. The number of rotatable bonds is 8. The van der Waals surface area contributed by atoms with Crippen LogP contribution in [0.25, 0.3) is 0 Å². The molecule has 0 aliphatic rings. The van der Waals surface area contributed by atoms with Crippen LogP contribution in [0.3, 0.4) is 0 Å². The topological polar surface area (TPSA) is 41.1 Å². The number of halogens is 3. The summed E-state index contributed by atoms with van der Waals surface area (Å²) in [5.74, 6) is 0.264. The smallest absolute Gasteiger partial charge is 0.381 e. The maximum absolute atomic E-state index is 12.8. The quantitative estimate of drug-likeness (QED) is 0.432. The average molecular weight is 441 g/mol. The lowest BCUT2D eigenvalue weighted by atomic mass is 10.0. The summed E-state index contributed by atoms with van der Waals surface area (Å²) in [6, 6.07) is 21.1. The molecule has 0 aromatic heterocycles. The highest BCUT2D eigenvalue weighted by Gasteiger charge is 2.30. The first-order valence-electron chi connectivity index (χ1n) is 10.5. The van der Waals surface area contributed by atoms with Gasteiger partial charge in [0.15, 0.2) is 0 Å². The van der Waals surface area contributed by atoms with E-state index in [0.717, 1.165) is 23.4 Å². The molecule has 3 nitrogen and oxygen atoms in total. The van der Waals surface area contributed by atoms with E-state index in [-0.39, 0.29) is 18.9 Å². The van der Waals surface area contributed by atoms with Gasteiger partial charge in [0.1, 0.15) is 0 Å². The van der Waals surface area contributed by atoms with Gasteiger partial charge in [-0.25, -0.2) is 0 Å². The van der Waals surface area contributed by atoms with Crippen LogP contribution in [-0.4, -0.2) is 5.91 Å². The van der Waals surface area contributed by atoms with Gasteiger partial charge in [0.25, 0.3) is 0 Å². The molecule has 3 rings (SSSR count). The van der Waals surface area contributed by atoms with E-state index in [1.807, 2.05) is 24.3 Å². The van der Waals surface area contributed by atoms with Crippen LogP contribution in [0, 0.1) is 0 Å². The molecular formula is C26H27F3N2O. The van der Waals surface area contributed by atoms with E-state index in [0.29, 0.717) is 18.0 Å². The van der Waals surface area contributed by atoms with Gasteiger partial charge < -0.3 is 10.6 Å². The zero-order valence-electron chi connectivity index (χ0n) is 18.2. The number of nitrogens with one attached hydrogen (secondary N) is 2. The molecule has 0 heterocycles. The van der Waals surface area contributed by atoms with Gasteiger partial charge in [0.2, 0.25) is 5.91 Å². The molecule has 0 unspecified atom stereocenters. The van der Waals surface area contributed by atoms with Gasteiger partial charge in [0, 0.05) is 18.8 Å². The zero-order chi connectivity index (χ0) is 23.1. The third kappa shape index (κ3) is 6.87. The standard InChI is InChI=1S/C26H27F3N2O/c1-18(2)22-10-6-20(7-11-22)16-30-24-12-8-19(9-13-24)15-25(32)31-17-21-4-3-5-23(14-21)26(27,28)29/h3-14,18,30H,15-17H2,1-2H3,(H,31,32). The van der Waals surface area contributed by atoms with Crippen LogP contribution >= 0.6 is 0 Å². The summed E-state index contributed by atoms with van der Waals surface area (Å²) in [6.45, 7) is 5.09. The molecule has 0 fully saturated rings. The number of anilines is 1. The van der Waals surface area contributed by atoms with E-state index < -0.39 is 11.7 Å². The van der Waals surface area contributed by atoms with Gasteiger partial charge in [-0.15, -0.1) is 0 Å². The van der Waals surface area contributed by atoms with Gasteiger partial charge in [-0.05, 0) is 52.4 Å². The number of benzene rings is 3. The molecule has 3 aromatic rings. The molecule has 3 aromatic carbocycles. The van der Waals surface area contributed by atoms with E-state index in [1.54, 1.807) is 6.07 Å². The summed E-state index contributed by atoms with van der Waals surface area (Å²) in [5.41, 5.74) is 3.97. The fourth-order valence-electron chi connectivity index (χ4n) is 3.27. The molecule has 0 spiro atoms. The normalized spacial score (nSPS) is 11.4. The predicted octanol–water partition coefficient (Wildman–Crippen LogP) is 6.30. The number of hydrogen-bond acceptors (Lipinski definition) is 2. The zero-order valence-corrected chi connectivity index (χ0v) is 18.2. The minimum Gasteiger partial charge on any atom is -0.381 e. The Morgan fingerprint density at radius 3 is 2.12 bits per heavy atom. The minimum absolute atomic E-state index is 0.0536. The van der Waals surface area contributed by atoms with Crippen molar-refractivity contribution in [3.05, 3.63) is 101 Å². The maximum Gasteiger partial charge on any atom is 0.416 e. The summed E-state index contributed by atoms with van der Waals surface area (Å²) in [6.07, 6.45) is -4.23. The Morgan fingerprint density at radius 1 is 0.844 bits per heavy atom. The van der Waals surface area contributed by atoms with Gasteiger partial charge in [-0.2, -0.15) is 13.2 Å². The second-order valence-electron chi connectivity index (χ2n) is 8.10. The Bertz CT molecular complexity index is 1030. The Hall–Kier alpha value is -3.28. The highest BCUT2D eigenvalue weighted by molar-refractivity contribution is 5.78. The molecule has 0 bridgehead atoms. The molecule has 0 saturated heterocycles. The van der Waals surface area contributed by atoms with Crippen LogP contribution in [0.15, 0.2) is 72.8 Å². The lowest BCUT2D eigenvalue weighted by Crippen LogP contribution is -2.24. The van der Waals surface area contributed by atoms with Crippen molar-refractivity contribution in [3.8, 4) is 0 Å². The highest BCUT2D eigenvalue weighted by Crippen LogP contribution is 2.29. The van der Waals surface area contributed by atoms with E-state index in [2.05, 4.69) is 48.7 Å². The van der Waals surface area contributed by atoms with Gasteiger partial charge in [-0.1, -0.05) is 62.4 Å². The van der Waals surface area contributed by atoms with E-state index in [9.17, 15) is 18.0 Å². The monoisotopic (exact) mass is 440 g/mol. The van der Waals surface area contributed by atoms with E-state index in [1.165, 1.54) is 17.2 Å². The molecule has 0 saturated carbocycles. The van der Waals surface area contributed by atoms with Crippen molar-refractivity contribution < 1.29 is 18.0 Å². The molecular weight excluding hydrogens is 413 g/mol. The Morgan fingerprint density at radius 2 is 1.50 bits per heavy atom. The Labute approximate surface area is 186 Å². The summed E-state index contributed by atoms with van der Waals surface area (Å²) in [7, 11) is 0. The summed E-state index contributed by atoms with van der Waals surface area (Å²) < 4.78 is 38.4. The van der Waals surface area contributed by atoms with Crippen LogP contribution in [0.2, 0.25) is 0 Å². The van der Waals surface area contributed by atoms with Crippen LogP contribution in [-0.2, 0) is 30.5 Å². The van der Waals surface area contributed by atoms with Gasteiger partial charge >= 0.3 is 6.18 Å². The summed E-state index contributed by atoms with van der Waals surface area (Å²) in [4.78, 5) is 12.2. The average Bonchev–Trinajstić information content (AvgIpc) is 2.77. The van der Waals surface area contributed by atoms with Crippen LogP contribution < -0.4 is 10.6 Å². The number of hydrogen-bond donors (Lipinski definition) is 2. The van der Waals surface area contributed by atoms with Crippen molar-refractivity contribution in [2.24, 2.45) is 0 Å². The number of carbonyl (C=O) groups excluding carboxylic acids is 1. The van der Waals surface area contributed by atoms with Crippen LogP contribution in [0.4, 0.5) is 18.9 Å². The lowest BCUT2D eigenvalue weighted by molar-refractivity contribution is -0.137. The molecule has 0 aliphatic heterocycles. The van der Waals surface area contributed by atoms with Crippen LogP contribution in [0.5, 0.6) is 0 Å². The molecule has 0 aliphatic carbocycles. The van der Waals surface area contributed by atoms with E-state index >= 15 is 0 Å². The SMILES string of the molecule is CC(C)c1ccc(CNc2ccc(CC(=O)NCc3cccc(C(F)(F)F)c3)cc2)cc1. The van der Waals surface area contributed by atoms with Crippen molar-refractivity contribution >= 4 is 11.6 Å². The summed E-state index contributed by atoms with van der Waals surface area (Å²) in [5, 5.41) is 6.04. The third-order valence-electron chi connectivity index (χ3n) is 5.21. The number of carbonyl (C=O) groups is 1. The van der Waals surface area contributed by atoms with Crippen LogP contribution in [0.1, 0.15) is 47.6 Å². The largest absolute Gasteiger partial charge is 0.416 e. The first-order valence-corrected chi connectivity index (χ1v) is 10.5. The van der Waals surface area contributed by atoms with Crippen molar-refractivity contribution in [2.75, 3.05) is 5.32 Å². The van der Waals surface area contributed by atoms with Crippen molar-refractivity contribution in [1.29, 1.82) is 0 Å². The predicted molar refractivity (Wildman–Crippen MR) is 121 cm³/mol. The molecule has 1 amide bonds. The molecule has 6 heteroatoms. The van der Waals surface area contributed by atoms with Crippen molar-refractivity contribution in [2.45, 2.75) is 45.5 Å². The lowest BCUT2D eigenvalue weighted by Gasteiger charge is -2.11. The molecule has 32 heavy (non-hydrogen) atoms. The minimum atomic E-state index is -4.40. The second-order valence-corrected chi connectivity index (χ2v) is 8.10. The van der Waals surface area contributed by atoms with Gasteiger partial charge in [-0.3, -0.25) is 4.79 Å².